The average Bonchev–Trinajstić information content (AvgIpc) is 2.54. The Bertz CT molecular complexity index is 753. The van der Waals surface area contributed by atoms with Gasteiger partial charge in [-0.15, -0.1) is 0 Å². The fraction of sp³-hybridized carbons (Fsp3) is 0.133. The molecule has 1 aliphatic carbocycles. The Hall–Kier alpha value is -2.54. The number of hydrogen-bond acceptors (Lipinski definition) is 5. The van der Waals surface area contributed by atoms with Crippen molar-refractivity contribution in [3.8, 4) is 5.75 Å². The molecule has 0 N–H and O–H groups in total. The summed E-state index contributed by atoms with van der Waals surface area (Å²) < 4.78 is 37.6. The van der Waals surface area contributed by atoms with Crippen molar-refractivity contribution < 1.29 is 23.0 Å². The molecule has 0 radical (unpaired) electrons. The Morgan fingerprint density at radius 3 is 2.14 bits per heavy atom. The molecule has 1 aliphatic rings. The first-order chi connectivity index (χ1) is 10.5. The lowest BCUT2D eigenvalue weighted by Gasteiger charge is -2.13. The number of benzene rings is 1. The second-order valence-electron chi connectivity index (χ2n) is 4.28. The van der Waals surface area contributed by atoms with Gasteiger partial charge in [0.2, 0.25) is 0 Å². The van der Waals surface area contributed by atoms with Gasteiger partial charge in [-0.25, -0.2) is 0 Å². The first-order valence-electron chi connectivity index (χ1n) is 6.27. The lowest BCUT2D eigenvalue weighted by molar-refractivity contribution is -0.354. The molecule has 0 saturated heterocycles. The lowest BCUT2D eigenvalue weighted by Crippen LogP contribution is -2.10. The maximum atomic E-state index is 12.2. The molecule has 0 unspecified atom stereocenters. The summed E-state index contributed by atoms with van der Waals surface area (Å²) in [6.45, 7) is 0. The van der Waals surface area contributed by atoms with Crippen molar-refractivity contribution in [2.24, 2.45) is 4.40 Å². The summed E-state index contributed by atoms with van der Waals surface area (Å²) in [4.78, 5) is 0.0605. The van der Waals surface area contributed by atoms with Gasteiger partial charge in [-0.05, 0) is 49.1 Å². The van der Waals surface area contributed by atoms with Crippen molar-refractivity contribution in [1.29, 1.82) is 0 Å². The second-order valence-corrected chi connectivity index (χ2v) is 5.88. The van der Waals surface area contributed by atoms with Gasteiger partial charge in [-0.3, -0.25) is 0 Å². The molecule has 0 amide bonds. The van der Waals surface area contributed by atoms with E-state index in [1.54, 1.807) is 12.1 Å². The topological polar surface area (TPSA) is 88.0 Å². The molecule has 116 valence electrons. The van der Waals surface area contributed by atoms with Crippen LogP contribution in [-0.2, 0) is 14.8 Å². The third kappa shape index (κ3) is 3.56. The average molecular weight is 320 g/mol. The standard InChI is InChI=1S/C15H15NO5S/c1-20-13-7-9-14(10-8-13)22(18,19)16-12-5-3-11(4-6-12)15(17)21-2/h3-10,17H,1-2H3/p-1. The minimum absolute atomic E-state index is 0.0605. The number of allylic oxidation sites excluding steroid dienone is 5. The Kier molecular flexibility index (Phi) is 4.67. The van der Waals surface area contributed by atoms with Gasteiger partial charge in [-0.1, -0.05) is 12.2 Å². The molecule has 22 heavy (non-hydrogen) atoms. The van der Waals surface area contributed by atoms with E-state index in [0.29, 0.717) is 11.3 Å². The Balaban J connectivity index is 2.27. The van der Waals surface area contributed by atoms with Crippen LogP contribution in [0.15, 0.2) is 69.4 Å². The summed E-state index contributed by atoms with van der Waals surface area (Å²) >= 11 is 0. The first-order valence-corrected chi connectivity index (χ1v) is 7.71. The van der Waals surface area contributed by atoms with Crippen molar-refractivity contribution in [1.82, 2.24) is 0 Å². The fourth-order valence-corrected chi connectivity index (χ4v) is 2.70. The minimum Gasteiger partial charge on any atom is -0.616 e. The molecule has 0 spiro atoms. The van der Waals surface area contributed by atoms with E-state index < -0.39 is 16.0 Å². The Morgan fingerprint density at radius 1 is 1.05 bits per heavy atom. The highest BCUT2D eigenvalue weighted by Crippen LogP contribution is 2.18. The predicted octanol–water partition coefficient (Wildman–Crippen LogP) is 1.17. The highest BCUT2D eigenvalue weighted by molar-refractivity contribution is 7.90. The van der Waals surface area contributed by atoms with Crippen molar-refractivity contribution in [2.75, 3.05) is 14.2 Å². The molecule has 0 heterocycles. The summed E-state index contributed by atoms with van der Waals surface area (Å²) in [5.74, 6) is 0.0611. The molecule has 0 fully saturated rings. The van der Waals surface area contributed by atoms with Gasteiger partial charge in [0, 0.05) is 0 Å². The first kappa shape index (κ1) is 15.8. The van der Waals surface area contributed by atoms with E-state index in [1.165, 1.54) is 50.7 Å². The van der Waals surface area contributed by atoms with Gasteiger partial charge in [0.05, 0.1) is 23.7 Å². The summed E-state index contributed by atoms with van der Waals surface area (Å²) in [7, 11) is -1.05. The summed E-state index contributed by atoms with van der Waals surface area (Å²) in [6, 6.07) is 5.92. The summed E-state index contributed by atoms with van der Waals surface area (Å²) in [5, 5.41) is 11.3. The SMILES string of the molecule is COC([O-])=C1C=CC(=NS(=O)(=O)c2ccc(OC)cc2)C=C1. The van der Waals surface area contributed by atoms with Gasteiger partial charge in [0.1, 0.15) is 5.75 Å². The molecule has 7 heteroatoms. The van der Waals surface area contributed by atoms with Gasteiger partial charge < -0.3 is 14.6 Å². The van der Waals surface area contributed by atoms with Crippen LogP contribution in [-0.4, -0.2) is 28.3 Å². The molecule has 0 aliphatic heterocycles. The second kappa shape index (κ2) is 6.48. The maximum absolute atomic E-state index is 12.2. The predicted molar refractivity (Wildman–Crippen MR) is 79.9 cm³/mol. The molecular weight excluding hydrogens is 306 g/mol. The van der Waals surface area contributed by atoms with E-state index in [0.717, 1.165) is 0 Å². The van der Waals surface area contributed by atoms with E-state index >= 15 is 0 Å². The Labute approximate surface area is 128 Å². The molecule has 1 aromatic rings. The number of nitrogens with zero attached hydrogens (tertiary/aromatic N) is 1. The zero-order chi connectivity index (χ0) is 16.2. The number of hydrogen-bond donors (Lipinski definition) is 0. The molecule has 1 aromatic carbocycles. The summed E-state index contributed by atoms with van der Waals surface area (Å²) in [5.41, 5.74) is 0.548. The van der Waals surface area contributed by atoms with Crippen LogP contribution in [0.4, 0.5) is 0 Å². The van der Waals surface area contributed by atoms with Crippen molar-refractivity contribution in [2.45, 2.75) is 4.90 Å². The number of rotatable bonds is 4. The van der Waals surface area contributed by atoms with Crippen LogP contribution in [0.25, 0.3) is 0 Å². The lowest BCUT2D eigenvalue weighted by atomic mass is 10.1. The zero-order valence-corrected chi connectivity index (χ0v) is 12.8. The smallest absolute Gasteiger partial charge is 0.282 e. The van der Waals surface area contributed by atoms with Gasteiger partial charge in [0.15, 0.2) is 0 Å². The molecule has 0 bridgehead atoms. The third-order valence-corrected chi connectivity index (χ3v) is 4.19. The molecule has 0 atom stereocenters. The van der Waals surface area contributed by atoms with Gasteiger partial charge >= 0.3 is 0 Å². The van der Waals surface area contributed by atoms with E-state index in [2.05, 4.69) is 9.13 Å². The third-order valence-electron chi connectivity index (χ3n) is 2.87. The molecule has 0 aromatic heterocycles. The number of sulfonamides is 1. The highest BCUT2D eigenvalue weighted by atomic mass is 32.2. The maximum Gasteiger partial charge on any atom is 0.282 e. The van der Waals surface area contributed by atoms with Crippen LogP contribution in [0.2, 0.25) is 0 Å². The van der Waals surface area contributed by atoms with E-state index in [9.17, 15) is 13.5 Å². The van der Waals surface area contributed by atoms with Crippen molar-refractivity contribution in [3.63, 3.8) is 0 Å². The largest absolute Gasteiger partial charge is 0.616 e. The normalized spacial score (nSPS) is 13.9. The molecular formula is C15H14NO5S-. The number of methoxy groups -OCH3 is 2. The van der Waals surface area contributed by atoms with Crippen LogP contribution in [0.5, 0.6) is 5.75 Å². The van der Waals surface area contributed by atoms with Crippen molar-refractivity contribution in [3.05, 3.63) is 60.1 Å². The quantitative estimate of drug-likeness (QED) is 0.777. The van der Waals surface area contributed by atoms with Crippen LogP contribution in [0.3, 0.4) is 0 Å². The molecule has 6 nitrogen and oxygen atoms in total. The summed E-state index contributed by atoms with van der Waals surface area (Å²) in [6.07, 6.45) is 5.78. The van der Waals surface area contributed by atoms with E-state index in [-0.39, 0.29) is 10.6 Å². The van der Waals surface area contributed by atoms with Gasteiger partial charge in [0.25, 0.3) is 10.0 Å². The minimum atomic E-state index is -3.82. The van der Waals surface area contributed by atoms with Crippen molar-refractivity contribution >= 4 is 15.7 Å². The molecule has 0 saturated carbocycles. The number of ether oxygens (including phenoxy) is 2. The van der Waals surface area contributed by atoms with Crippen LogP contribution < -0.4 is 9.84 Å². The fourth-order valence-electron chi connectivity index (χ4n) is 1.72. The van der Waals surface area contributed by atoms with Gasteiger partial charge in [-0.2, -0.15) is 12.8 Å². The van der Waals surface area contributed by atoms with Crippen LogP contribution >= 0.6 is 0 Å². The molecule has 2 rings (SSSR count). The zero-order valence-electron chi connectivity index (χ0n) is 12.0. The van der Waals surface area contributed by atoms with Crippen LogP contribution in [0, 0.1) is 0 Å². The monoisotopic (exact) mass is 320 g/mol. The highest BCUT2D eigenvalue weighted by Gasteiger charge is 2.13. The van der Waals surface area contributed by atoms with Crippen LogP contribution in [0.1, 0.15) is 0 Å². The van der Waals surface area contributed by atoms with E-state index in [1.807, 2.05) is 0 Å². The Morgan fingerprint density at radius 2 is 1.64 bits per heavy atom. The van der Waals surface area contributed by atoms with E-state index in [4.69, 9.17) is 4.74 Å².